The Morgan fingerprint density at radius 2 is 2.04 bits per heavy atom. The number of H-pyrrole nitrogens is 1. The van der Waals surface area contributed by atoms with E-state index in [1.807, 2.05) is 17.7 Å². The number of rotatable bonds is 5. The SMILES string of the molecule is COc1ccc(CN2CCn3c(n[nH]c3=O)C2)cc1Cn1nc(C)cc1C. The first-order valence-electron chi connectivity index (χ1n) is 9.07. The summed E-state index contributed by atoms with van der Waals surface area (Å²) in [7, 11) is 1.70. The largest absolute Gasteiger partial charge is 0.496 e. The highest BCUT2D eigenvalue weighted by Gasteiger charge is 2.20. The van der Waals surface area contributed by atoms with Crippen molar-refractivity contribution >= 4 is 0 Å². The maximum absolute atomic E-state index is 11.7. The molecule has 3 heterocycles. The predicted octanol–water partition coefficient (Wildman–Crippen LogP) is 1.46. The quantitative estimate of drug-likeness (QED) is 0.737. The molecule has 27 heavy (non-hydrogen) atoms. The molecular weight excluding hydrogens is 344 g/mol. The molecule has 0 amide bonds. The number of aromatic amines is 1. The molecule has 1 aliphatic rings. The van der Waals surface area contributed by atoms with Crippen LogP contribution in [0.3, 0.4) is 0 Å². The van der Waals surface area contributed by atoms with Gasteiger partial charge in [-0.05, 0) is 37.6 Å². The van der Waals surface area contributed by atoms with Crippen LogP contribution in [0.4, 0.5) is 0 Å². The van der Waals surface area contributed by atoms with E-state index in [9.17, 15) is 4.79 Å². The molecule has 0 aliphatic carbocycles. The molecule has 1 N–H and O–H groups in total. The Morgan fingerprint density at radius 1 is 1.19 bits per heavy atom. The number of aryl methyl sites for hydroxylation is 2. The van der Waals surface area contributed by atoms with Crippen molar-refractivity contribution in [1.82, 2.24) is 29.4 Å². The topological polar surface area (TPSA) is 81.0 Å². The maximum Gasteiger partial charge on any atom is 0.343 e. The summed E-state index contributed by atoms with van der Waals surface area (Å²) in [6.45, 7) is 7.70. The van der Waals surface area contributed by atoms with Gasteiger partial charge in [0.05, 0.1) is 25.9 Å². The summed E-state index contributed by atoms with van der Waals surface area (Å²) in [5, 5.41) is 11.2. The average Bonchev–Trinajstić information content (AvgIpc) is 3.17. The first kappa shape index (κ1) is 17.5. The standard InChI is InChI=1S/C19H24N6O2/c1-13-8-14(2)25(22-13)11-16-9-15(4-5-17(16)27-3)10-23-6-7-24-18(12-23)20-21-19(24)26/h4-5,8-9H,6-7,10-12H2,1-3H3,(H,21,26). The Bertz CT molecular complexity index is 1020. The molecule has 0 bridgehead atoms. The highest BCUT2D eigenvalue weighted by atomic mass is 16.5. The number of nitrogens with zero attached hydrogens (tertiary/aromatic N) is 5. The second kappa shape index (κ2) is 7.03. The molecule has 0 atom stereocenters. The number of ether oxygens (including phenoxy) is 1. The van der Waals surface area contributed by atoms with Crippen LogP contribution in [0.5, 0.6) is 5.75 Å². The zero-order chi connectivity index (χ0) is 19.0. The van der Waals surface area contributed by atoms with Crippen LogP contribution in [-0.2, 0) is 26.2 Å². The Labute approximate surface area is 157 Å². The summed E-state index contributed by atoms with van der Waals surface area (Å²) in [5.41, 5.74) is 4.34. The van der Waals surface area contributed by atoms with E-state index in [2.05, 4.69) is 45.3 Å². The molecule has 0 radical (unpaired) electrons. The van der Waals surface area contributed by atoms with Crippen molar-refractivity contribution in [3.63, 3.8) is 0 Å². The molecule has 0 fully saturated rings. The second-order valence-corrected chi connectivity index (χ2v) is 7.04. The van der Waals surface area contributed by atoms with Crippen LogP contribution in [0.25, 0.3) is 0 Å². The lowest BCUT2D eigenvalue weighted by molar-refractivity contribution is 0.207. The minimum atomic E-state index is -0.124. The number of hydrogen-bond donors (Lipinski definition) is 1. The van der Waals surface area contributed by atoms with Gasteiger partial charge in [0.15, 0.2) is 0 Å². The third kappa shape index (κ3) is 3.52. The van der Waals surface area contributed by atoms with Crippen molar-refractivity contribution in [3.8, 4) is 5.75 Å². The molecule has 2 aromatic heterocycles. The number of fused-ring (bicyclic) bond motifs is 1. The third-order valence-electron chi connectivity index (χ3n) is 5.02. The van der Waals surface area contributed by atoms with E-state index in [1.54, 1.807) is 11.7 Å². The van der Waals surface area contributed by atoms with Gasteiger partial charge < -0.3 is 4.74 Å². The molecule has 1 aliphatic heterocycles. The fraction of sp³-hybridized carbons (Fsp3) is 0.421. The van der Waals surface area contributed by atoms with Gasteiger partial charge in [-0.2, -0.15) is 10.2 Å². The lowest BCUT2D eigenvalue weighted by atomic mass is 10.1. The van der Waals surface area contributed by atoms with Crippen LogP contribution in [0.2, 0.25) is 0 Å². The van der Waals surface area contributed by atoms with Gasteiger partial charge in [-0.25, -0.2) is 9.89 Å². The molecular formula is C19H24N6O2. The summed E-state index contributed by atoms with van der Waals surface area (Å²) in [4.78, 5) is 13.9. The van der Waals surface area contributed by atoms with Crippen LogP contribution in [0.1, 0.15) is 28.3 Å². The van der Waals surface area contributed by atoms with Gasteiger partial charge in [0.1, 0.15) is 11.6 Å². The molecule has 8 nitrogen and oxygen atoms in total. The number of benzene rings is 1. The van der Waals surface area contributed by atoms with Crippen molar-refractivity contribution in [2.24, 2.45) is 0 Å². The van der Waals surface area contributed by atoms with Gasteiger partial charge in [0.2, 0.25) is 0 Å². The summed E-state index contributed by atoms with van der Waals surface area (Å²) in [5.74, 6) is 1.66. The van der Waals surface area contributed by atoms with E-state index in [4.69, 9.17) is 4.74 Å². The monoisotopic (exact) mass is 368 g/mol. The summed E-state index contributed by atoms with van der Waals surface area (Å²) in [6.07, 6.45) is 0. The number of aromatic nitrogens is 5. The Hall–Kier alpha value is -2.87. The number of methoxy groups -OCH3 is 1. The van der Waals surface area contributed by atoms with E-state index in [0.717, 1.165) is 41.6 Å². The van der Waals surface area contributed by atoms with Gasteiger partial charge >= 0.3 is 5.69 Å². The zero-order valence-corrected chi connectivity index (χ0v) is 15.9. The molecule has 8 heteroatoms. The molecule has 4 rings (SSSR count). The van der Waals surface area contributed by atoms with Crippen LogP contribution >= 0.6 is 0 Å². The van der Waals surface area contributed by atoms with Crippen LogP contribution in [0, 0.1) is 13.8 Å². The third-order valence-corrected chi connectivity index (χ3v) is 5.02. The molecule has 0 unspecified atom stereocenters. The lowest BCUT2D eigenvalue weighted by Gasteiger charge is -2.26. The minimum Gasteiger partial charge on any atom is -0.496 e. The molecule has 3 aromatic rings. The first-order chi connectivity index (χ1) is 13.0. The zero-order valence-electron chi connectivity index (χ0n) is 15.9. The van der Waals surface area contributed by atoms with E-state index in [-0.39, 0.29) is 5.69 Å². The van der Waals surface area contributed by atoms with Gasteiger partial charge in [0, 0.05) is 30.9 Å². The Balaban J connectivity index is 1.54. The Morgan fingerprint density at radius 3 is 2.78 bits per heavy atom. The predicted molar refractivity (Wildman–Crippen MR) is 101 cm³/mol. The van der Waals surface area contributed by atoms with Crippen molar-refractivity contribution in [2.75, 3.05) is 13.7 Å². The van der Waals surface area contributed by atoms with Gasteiger partial charge in [-0.1, -0.05) is 6.07 Å². The maximum atomic E-state index is 11.7. The van der Waals surface area contributed by atoms with Crippen molar-refractivity contribution in [1.29, 1.82) is 0 Å². The van der Waals surface area contributed by atoms with E-state index < -0.39 is 0 Å². The lowest BCUT2D eigenvalue weighted by Crippen LogP contribution is -2.36. The fourth-order valence-electron chi connectivity index (χ4n) is 3.67. The van der Waals surface area contributed by atoms with E-state index in [1.165, 1.54) is 5.56 Å². The average molecular weight is 368 g/mol. The first-order valence-corrected chi connectivity index (χ1v) is 9.07. The molecule has 1 aromatic carbocycles. The summed E-state index contributed by atoms with van der Waals surface area (Å²) < 4.78 is 9.26. The summed E-state index contributed by atoms with van der Waals surface area (Å²) >= 11 is 0. The molecule has 0 saturated carbocycles. The minimum absolute atomic E-state index is 0.124. The molecule has 0 spiro atoms. The van der Waals surface area contributed by atoms with Gasteiger partial charge in [0.25, 0.3) is 0 Å². The smallest absolute Gasteiger partial charge is 0.343 e. The normalized spacial score (nSPS) is 14.3. The van der Waals surface area contributed by atoms with Gasteiger partial charge in [-0.3, -0.25) is 14.1 Å². The van der Waals surface area contributed by atoms with Crippen molar-refractivity contribution < 1.29 is 4.74 Å². The van der Waals surface area contributed by atoms with Gasteiger partial charge in [-0.15, -0.1) is 0 Å². The number of nitrogens with one attached hydrogen (secondary N) is 1. The van der Waals surface area contributed by atoms with Crippen molar-refractivity contribution in [2.45, 2.75) is 40.0 Å². The summed E-state index contributed by atoms with van der Waals surface area (Å²) in [6, 6.07) is 8.37. The highest BCUT2D eigenvalue weighted by Crippen LogP contribution is 2.23. The second-order valence-electron chi connectivity index (χ2n) is 7.04. The molecule has 142 valence electrons. The van der Waals surface area contributed by atoms with Crippen LogP contribution < -0.4 is 10.4 Å². The number of hydrogen-bond acceptors (Lipinski definition) is 5. The highest BCUT2D eigenvalue weighted by molar-refractivity contribution is 5.37. The van der Waals surface area contributed by atoms with Crippen LogP contribution in [0.15, 0.2) is 29.1 Å². The van der Waals surface area contributed by atoms with E-state index >= 15 is 0 Å². The Kier molecular flexibility index (Phi) is 4.57. The van der Waals surface area contributed by atoms with Crippen LogP contribution in [-0.4, -0.2) is 43.1 Å². The fourth-order valence-corrected chi connectivity index (χ4v) is 3.67. The van der Waals surface area contributed by atoms with E-state index in [0.29, 0.717) is 19.6 Å². The molecule has 0 saturated heterocycles. The van der Waals surface area contributed by atoms with Crippen molar-refractivity contribution in [3.05, 3.63) is 63.1 Å².